The third-order valence-corrected chi connectivity index (χ3v) is 2.86. The number of halogens is 1. The third kappa shape index (κ3) is 1.75. The topological polar surface area (TPSA) is 46.5 Å². The molecule has 0 bridgehead atoms. The van der Waals surface area contributed by atoms with Crippen molar-refractivity contribution in [1.82, 2.24) is 0 Å². The summed E-state index contributed by atoms with van der Waals surface area (Å²) in [5.74, 6) is -1.57. The van der Waals surface area contributed by atoms with Gasteiger partial charge in [-0.15, -0.1) is 0 Å². The van der Waals surface area contributed by atoms with Crippen LogP contribution in [0.15, 0.2) is 12.1 Å². The minimum Gasteiger partial charge on any atom is -0.505 e. The van der Waals surface area contributed by atoms with Gasteiger partial charge in [0.25, 0.3) is 0 Å². The Morgan fingerprint density at radius 3 is 3.00 bits per heavy atom. The molecular weight excluding hydrogens is 211 g/mol. The van der Waals surface area contributed by atoms with Crippen LogP contribution in [0.1, 0.15) is 18.1 Å². The lowest BCUT2D eigenvalue weighted by molar-refractivity contribution is -0.147. The highest BCUT2D eigenvalue weighted by Gasteiger charge is 2.31. The molecule has 1 unspecified atom stereocenters. The standard InChI is InChI=1S/C12H13FO3/c1-2-16-12(15)8-5-7-3-4-10(14)11(13)9(7)6-8/h3-4,8,14H,2,5-6H2,1H3. The van der Waals surface area contributed by atoms with E-state index >= 15 is 0 Å². The van der Waals surface area contributed by atoms with Crippen LogP contribution in [0.4, 0.5) is 4.39 Å². The van der Waals surface area contributed by atoms with Crippen molar-refractivity contribution >= 4 is 5.97 Å². The number of rotatable bonds is 2. The Morgan fingerprint density at radius 2 is 2.31 bits per heavy atom. The van der Waals surface area contributed by atoms with Gasteiger partial charge in [0.05, 0.1) is 12.5 Å². The smallest absolute Gasteiger partial charge is 0.309 e. The van der Waals surface area contributed by atoms with Crippen molar-refractivity contribution in [1.29, 1.82) is 0 Å². The summed E-state index contributed by atoms with van der Waals surface area (Å²) in [7, 11) is 0. The SMILES string of the molecule is CCOC(=O)C1Cc2ccc(O)c(F)c2C1. The number of benzene rings is 1. The summed E-state index contributed by atoms with van der Waals surface area (Å²) in [4.78, 5) is 11.5. The lowest BCUT2D eigenvalue weighted by Crippen LogP contribution is -2.17. The van der Waals surface area contributed by atoms with Crippen LogP contribution in [-0.2, 0) is 22.4 Å². The molecule has 1 aliphatic carbocycles. The van der Waals surface area contributed by atoms with Gasteiger partial charge < -0.3 is 9.84 Å². The summed E-state index contributed by atoms with van der Waals surface area (Å²) in [6, 6.07) is 2.98. The largest absolute Gasteiger partial charge is 0.505 e. The van der Waals surface area contributed by atoms with Gasteiger partial charge in [-0.25, -0.2) is 4.39 Å². The highest BCUT2D eigenvalue weighted by atomic mass is 19.1. The van der Waals surface area contributed by atoms with Crippen LogP contribution in [0, 0.1) is 11.7 Å². The van der Waals surface area contributed by atoms with E-state index in [4.69, 9.17) is 4.74 Å². The first-order valence-electron chi connectivity index (χ1n) is 5.29. The van der Waals surface area contributed by atoms with Crippen LogP contribution in [0.2, 0.25) is 0 Å². The van der Waals surface area contributed by atoms with Gasteiger partial charge in [-0.3, -0.25) is 4.79 Å². The van der Waals surface area contributed by atoms with E-state index in [1.54, 1.807) is 13.0 Å². The highest BCUT2D eigenvalue weighted by molar-refractivity contribution is 5.74. The molecular formula is C12H13FO3. The van der Waals surface area contributed by atoms with Crippen LogP contribution >= 0.6 is 0 Å². The van der Waals surface area contributed by atoms with Gasteiger partial charge in [-0.1, -0.05) is 6.07 Å². The molecule has 0 spiro atoms. The molecule has 86 valence electrons. The molecule has 0 saturated heterocycles. The molecule has 1 N–H and O–H groups in total. The molecule has 2 rings (SSSR count). The molecule has 3 nitrogen and oxygen atoms in total. The fourth-order valence-electron chi connectivity index (χ4n) is 2.07. The molecule has 0 aromatic heterocycles. The lowest BCUT2D eigenvalue weighted by Gasteiger charge is -2.06. The van der Waals surface area contributed by atoms with Gasteiger partial charge >= 0.3 is 5.97 Å². The van der Waals surface area contributed by atoms with Crippen molar-refractivity contribution in [2.45, 2.75) is 19.8 Å². The maximum absolute atomic E-state index is 13.5. The summed E-state index contributed by atoms with van der Waals surface area (Å²) in [5.41, 5.74) is 1.23. The minimum atomic E-state index is -0.607. The fourth-order valence-corrected chi connectivity index (χ4v) is 2.07. The zero-order valence-electron chi connectivity index (χ0n) is 9.00. The number of phenolic OH excluding ortho intramolecular Hbond substituents is 1. The molecule has 1 aromatic carbocycles. The second-order valence-electron chi connectivity index (χ2n) is 3.89. The number of carbonyl (C=O) groups is 1. The first-order valence-corrected chi connectivity index (χ1v) is 5.29. The van der Waals surface area contributed by atoms with E-state index in [-0.39, 0.29) is 17.6 Å². The van der Waals surface area contributed by atoms with E-state index in [0.717, 1.165) is 5.56 Å². The van der Waals surface area contributed by atoms with E-state index in [1.165, 1.54) is 6.07 Å². The average molecular weight is 224 g/mol. The highest BCUT2D eigenvalue weighted by Crippen LogP contribution is 2.33. The summed E-state index contributed by atoms with van der Waals surface area (Å²) in [6.45, 7) is 2.08. The second-order valence-corrected chi connectivity index (χ2v) is 3.89. The zero-order valence-corrected chi connectivity index (χ0v) is 9.00. The minimum absolute atomic E-state index is 0.294. The predicted molar refractivity (Wildman–Crippen MR) is 55.6 cm³/mol. The number of phenols is 1. The normalized spacial score (nSPS) is 18.2. The van der Waals surface area contributed by atoms with E-state index in [2.05, 4.69) is 0 Å². The number of esters is 1. The van der Waals surface area contributed by atoms with Crippen molar-refractivity contribution in [3.63, 3.8) is 0 Å². The van der Waals surface area contributed by atoms with Crippen molar-refractivity contribution in [3.8, 4) is 5.75 Å². The van der Waals surface area contributed by atoms with Crippen LogP contribution < -0.4 is 0 Å². The van der Waals surface area contributed by atoms with Crippen LogP contribution in [-0.4, -0.2) is 17.7 Å². The van der Waals surface area contributed by atoms with Gasteiger partial charge in [-0.05, 0) is 37.0 Å². The Kier molecular flexibility index (Phi) is 2.81. The van der Waals surface area contributed by atoms with Gasteiger partial charge in [0.2, 0.25) is 0 Å². The van der Waals surface area contributed by atoms with Crippen molar-refractivity contribution in [2.24, 2.45) is 5.92 Å². The molecule has 1 aromatic rings. The second kappa shape index (κ2) is 4.12. The van der Waals surface area contributed by atoms with Gasteiger partial charge in [0.15, 0.2) is 11.6 Å². The summed E-state index contributed by atoms with van der Waals surface area (Å²) < 4.78 is 18.4. The maximum atomic E-state index is 13.5. The zero-order chi connectivity index (χ0) is 11.7. The molecule has 0 radical (unpaired) electrons. The Balaban J connectivity index is 2.21. The van der Waals surface area contributed by atoms with Crippen molar-refractivity contribution < 1.29 is 19.0 Å². The van der Waals surface area contributed by atoms with E-state index in [0.29, 0.717) is 25.0 Å². The summed E-state index contributed by atoms with van der Waals surface area (Å²) >= 11 is 0. The molecule has 4 heteroatoms. The van der Waals surface area contributed by atoms with Gasteiger partial charge in [0.1, 0.15) is 0 Å². The van der Waals surface area contributed by atoms with Gasteiger partial charge in [-0.2, -0.15) is 0 Å². The van der Waals surface area contributed by atoms with Crippen molar-refractivity contribution in [2.75, 3.05) is 6.61 Å². The molecule has 0 saturated carbocycles. The molecule has 0 fully saturated rings. The summed E-state index contributed by atoms with van der Waals surface area (Å²) in [6.07, 6.45) is 0.805. The fraction of sp³-hybridized carbons (Fsp3) is 0.417. The van der Waals surface area contributed by atoms with E-state index in [1.807, 2.05) is 0 Å². The lowest BCUT2D eigenvalue weighted by atomic mass is 10.1. The number of hydrogen-bond acceptors (Lipinski definition) is 3. The van der Waals surface area contributed by atoms with Crippen LogP contribution in [0.3, 0.4) is 0 Å². The van der Waals surface area contributed by atoms with Gasteiger partial charge in [0, 0.05) is 0 Å². The third-order valence-electron chi connectivity index (χ3n) is 2.86. The molecule has 1 atom stereocenters. The van der Waals surface area contributed by atoms with Crippen molar-refractivity contribution in [3.05, 3.63) is 29.1 Å². The molecule has 0 heterocycles. The molecule has 16 heavy (non-hydrogen) atoms. The Bertz CT molecular complexity index is 429. The Labute approximate surface area is 92.9 Å². The first kappa shape index (κ1) is 10.9. The summed E-state index contributed by atoms with van der Waals surface area (Å²) in [5, 5.41) is 9.22. The Hall–Kier alpha value is -1.58. The number of hydrogen-bond donors (Lipinski definition) is 1. The molecule has 1 aliphatic rings. The first-order chi connectivity index (χ1) is 7.63. The van der Waals surface area contributed by atoms with E-state index < -0.39 is 5.82 Å². The monoisotopic (exact) mass is 224 g/mol. The number of carbonyl (C=O) groups excluding carboxylic acids is 1. The number of fused-ring (bicyclic) bond motifs is 1. The van der Waals surface area contributed by atoms with Crippen LogP contribution in [0.25, 0.3) is 0 Å². The van der Waals surface area contributed by atoms with E-state index in [9.17, 15) is 14.3 Å². The maximum Gasteiger partial charge on any atom is 0.309 e. The quantitative estimate of drug-likeness (QED) is 0.779. The number of ether oxygens (including phenoxy) is 1. The number of aromatic hydroxyl groups is 1. The van der Waals surface area contributed by atoms with Crippen LogP contribution in [0.5, 0.6) is 5.75 Å². The predicted octanol–water partition coefficient (Wildman–Crippen LogP) is 1.81. The average Bonchev–Trinajstić information content (AvgIpc) is 2.69. The molecule has 0 aliphatic heterocycles. The molecule has 0 amide bonds. The Morgan fingerprint density at radius 1 is 1.56 bits per heavy atom.